The number of nitrogens with zero attached hydrogens (tertiary/aromatic N) is 8. The summed E-state index contributed by atoms with van der Waals surface area (Å²) in [7, 11) is 2.08. The van der Waals surface area contributed by atoms with Gasteiger partial charge in [-0.05, 0) is 63.1 Å². The fourth-order valence-electron chi connectivity index (χ4n) is 5.33. The van der Waals surface area contributed by atoms with Gasteiger partial charge in [-0.3, -0.25) is 13.9 Å². The van der Waals surface area contributed by atoms with E-state index in [4.69, 9.17) is 9.97 Å². The molecule has 0 unspecified atom stereocenters. The van der Waals surface area contributed by atoms with Crippen LogP contribution in [0.2, 0.25) is 0 Å². The largest absolute Gasteiger partial charge is 0.393 e. The molecule has 0 bridgehead atoms. The van der Waals surface area contributed by atoms with Crippen LogP contribution in [0.15, 0.2) is 41.5 Å². The van der Waals surface area contributed by atoms with E-state index >= 15 is 0 Å². The molecule has 0 atom stereocenters. The summed E-state index contributed by atoms with van der Waals surface area (Å²) in [5.74, 6) is 1.08. The van der Waals surface area contributed by atoms with Crippen LogP contribution in [0.25, 0.3) is 28.0 Å². The molecule has 2 aliphatic rings. The molecule has 0 amide bonds. The summed E-state index contributed by atoms with van der Waals surface area (Å²) in [5.41, 5.74) is 3.16. The molecule has 10 nitrogen and oxygen atoms in total. The number of imidazole rings is 1. The molecule has 1 aliphatic heterocycles. The van der Waals surface area contributed by atoms with Crippen LogP contribution in [0.4, 0.5) is 5.82 Å². The molecule has 1 saturated heterocycles. The average molecular weight is 485 g/mol. The van der Waals surface area contributed by atoms with Gasteiger partial charge in [0.1, 0.15) is 17.7 Å². The van der Waals surface area contributed by atoms with Crippen molar-refractivity contribution in [1.29, 1.82) is 5.26 Å². The van der Waals surface area contributed by atoms with E-state index in [2.05, 4.69) is 27.9 Å². The molecule has 1 aliphatic carbocycles. The molecule has 4 aromatic rings. The quantitative estimate of drug-likeness (QED) is 0.471. The summed E-state index contributed by atoms with van der Waals surface area (Å²) in [5, 5.41) is 19.4. The summed E-state index contributed by atoms with van der Waals surface area (Å²) >= 11 is 0. The van der Waals surface area contributed by atoms with Gasteiger partial charge in [0.2, 0.25) is 0 Å². The molecule has 6 rings (SSSR count). The van der Waals surface area contributed by atoms with Crippen molar-refractivity contribution in [3.8, 4) is 11.9 Å². The molecule has 3 aromatic heterocycles. The van der Waals surface area contributed by atoms with Crippen LogP contribution in [0.5, 0.6) is 0 Å². The highest BCUT2D eigenvalue weighted by Crippen LogP contribution is 2.30. The summed E-state index contributed by atoms with van der Waals surface area (Å²) in [4.78, 5) is 32.4. The van der Waals surface area contributed by atoms with Gasteiger partial charge in [-0.25, -0.2) is 15.0 Å². The highest BCUT2D eigenvalue weighted by Gasteiger charge is 2.28. The maximum Gasteiger partial charge on any atom is 0.295 e. The first-order chi connectivity index (χ1) is 17.5. The highest BCUT2D eigenvalue weighted by molar-refractivity contribution is 5.80. The normalized spacial score (nSPS) is 21.2. The van der Waals surface area contributed by atoms with E-state index in [0.717, 1.165) is 37.2 Å². The highest BCUT2D eigenvalue weighted by atomic mass is 16.3. The average Bonchev–Trinajstić information content (AvgIpc) is 3.32. The first-order valence-electron chi connectivity index (χ1n) is 12.4. The van der Waals surface area contributed by atoms with Crippen molar-refractivity contribution in [1.82, 2.24) is 29.0 Å². The molecular formula is C26H28N8O2. The van der Waals surface area contributed by atoms with Crippen LogP contribution in [-0.2, 0) is 0 Å². The minimum Gasteiger partial charge on any atom is -0.393 e. The lowest BCUT2D eigenvalue weighted by molar-refractivity contribution is 0.111. The molecule has 1 aromatic carbocycles. The smallest absolute Gasteiger partial charge is 0.295 e. The molecule has 0 radical (unpaired) electrons. The number of rotatable bonds is 3. The number of fused-ring (bicyclic) bond motifs is 2. The molecule has 2 fully saturated rings. The Labute approximate surface area is 208 Å². The molecular weight excluding hydrogens is 456 g/mol. The Balaban J connectivity index is 1.52. The third-order valence-electron chi connectivity index (χ3n) is 7.46. The third-order valence-corrected chi connectivity index (χ3v) is 7.46. The third kappa shape index (κ3) is 3.90. The zero-order chi connectivity index (χ0) is 24.8. The number of hydrogen-bond acceptors (Lipinski definition) is 8. The maximum absolute atomic E-state index is 13.9. The lowest BCUT2D eigenvalue weighted by atomic mass is 9.93. The second-order valence-corrected chi connectivity index (χ2v) is 9.81. The Morgan fingerprint density at radius 1 is 1.00 bits per heavy atom. The fourth-order valence-corrected chi connectivity index (χ4v) is 5.33. The zero-order valence-corrected chi connectivity index (χ0v) is 20.2. The van der Waals surface area contributed by atoms with Gasteiger partial charge >= 0.3 is 0 Å². The number of piperazine rings is 1. The van der Waals surface area contributed by atoms with Crippen LogP contribution in [0.1, 0.15) is 37.3 Å². The number of aromatic nitrogens is 5. The summed E-state index contributed by atoms with van der Waals surface area (Å²) < 4.78 is 3.65. The topological polar surface area (TPSA) is 116 Å². The number of aliphatic hydroxyl groups excluding tert-OH is 1. The van der Waals surface area contributed by atoms with E-state index in [1.807, 2.05) is 27.3 Å². The van der Waals surface area contributed by atoms with E-state index in [1.165, 1.54) is 0 Å². The Bertz CT molecular complexity index is 1540. The van der Waals surface area contributed by atoms with Gasteiger partial charge in [0, 0.05) is 32.2 Å². The van der Waals surface area contributed by atoms with Crippen LogP contribution >= 0.6 is 0 Å². The molecule has 0 spiro atoms. The fraction of sp³-hybridized carbons (Fsp3) is 0.423. The number of pyridine rings is 1. The summed E-state index contributed by atoms with van der Waals surface area (Å²) in [6.45, 7) is 3.26. The van der Waals surface area contributed by atoms with Crippen molar-refractivity contribution >= 4 is 28.0 Å². The number of nitriles is 1. The molecule has 1 saturated carbocycles. The zero-order valence-electron chi connectivity index (χ0n) is 20.2. The van der Waals surface area contributed by atoms with Crippen LogP contribution in [-0.4, -0.2) is 73.4 Å². The molecule has 1 N–H and O–H groups in total. The number of benzene rings is 1. The minimum atomic E-state index is -0.322. The predicted octanol–water partition coefficient (Wildman–Crippen LogP) is 2.23. The van der Waals surface area contributed by atoms with Crippen molar-refractivity contribution < 1.29 is 5.11 Å². The van der Waals surface area contributed by atoms with Gasteiger partial charge in [0.15, 0.2) is 11.5 Å². The van der Waals surface area contributed by atoms with Crippen LogP contribution in [0, 0.1) is 11.3 Å². The number of hydrogen-bond donors (Lipinski definition) is 1. The second-order valence-electron chi connectivity index (χ2n) is 9.81. The van der Waals surface area contributed by atoms with Crippen molar-refractivity contribution in [2.45, 2.75) is 37.8 Å². The van der Waals surface area contributed by atoms with Gasteiger partial charge in [0.25, 0.3) is 5.56 Å². The molecule has 10 heteroatoms. The minimum absolute atomic E-state index is 0.0508. The van der Waals surface area contributed by atoms with Gasteiger partial charge < -0.3 is 14.9 Å². The summed E-state index contributed by atoms with van der Waals surface area (Å²) in [6.07, 6.45) is 4.12. The van der Waals surface area contributed by atoms with Crippen LogP contribution < -0.4 is 10.5 Å². The standard InChI is InChI=1S/C26H28N8O2/c1-31-10-12-32(13-11-31)25-26(36)34(18-3-5-19(35)6-4-18)24-21(29-25)8-9-23(30-24)33-16-28-20-7-2-17(15-27)14-22(20)33/h2,7-9,14,16,18-19,35H,3-6,10-13H2,1H3. The maximum atomic E-state index is 13.9. The van der Waals surface area contributed by atoms with Gasteiger partial charge in [-0.15, -0.1) is 0 Å². The van der Waals surface area contributed by atoms with Gasteiger partial charge in [-0.2, -0.15) is 5.26 Å². The van der Waals surface area contributed by atoms with Gasteiger partial charge in [-0.1, -0.05) is 0 Å². The molecule has 184 valence electrons. The Hall–Kier alpha value is -3.81. The van der Waals surface area contributed by atoms with E-state index in [9.17, 15) is 15.2 Å². The van der Waals surface area contributed by atoms with E-state index < -0.39 is 0 Å². The number of aliphatic hydroxyl groups is 1. The summed E-state index contributed by atoms with van der Waals surface area (Å²) in [6, 6.07) is 11.3. The number of anilines is 1. The first kappa shape index (κ1) is 22.6. The van der Waals surface area contributed by atoms with Gasteiger partial charge in [0.05, 0.1) is 28.8 Å². The Morgan fingerprint density at radius 2 is 1.75 bits per heavy atom. The lowest BCUT2D eigenvalue weighted by Crippen LogP contribution is -2.47. The van der Waals surface area contributed by atoms with Crippen molar-refractivity contribution in [2.24, 2.45) is 0 Å². The second kappa shape index (κ2) is 9.00. The lowest BCUT2D eigenvalue weighted by Gasteiger charge is -2.34. The molecule has 36 heavy (non-hydrogen) atoms. The predicted molar refractivity (Wildman–Crippen MR) is 136 cm³/mol. The van der Waals surface area contributed by atoms with E-state index in [1.54, 1.807) is 18.5 Å². The van der Waals surface area contributed by atoms with Crippen molar-refractivity contribution in [2.75, 3.05) is 38.1 Å². The Kier molecular flexibility index (Phi) is 5.66. The van der Waals surface area contributed by atoms with Crippen LogP contribution in [0.3, 0.4) is 0 Å². The van der Waals surface area contributed by atoms with E-state index in [-0.39, 0.29) is 17.7 Å². The van der Waals surface area contributed by atoms with Crippen molar-refractivity contribution in [3.05, 3.63) is 52.6 Å². The Morgan fingerprint density at radius 3 is 2.50 bits per heavy atom. The van der Waals surface area contributed by atoms with Crippen molar-refractivity contribution in [3.63, 3.8) is 0 Å². The molecule has 4 heterocycles. The number of likely N-dealkylation sites (N-methyl/N-ethyl adjacent to an activating group) is 1. The SMILES string of the molecule is CN1CCN(c2nc3ccc(-n4cnc5ccc(C#N)cc54)nc3n(C3CCC(O)CC3)c2=O)CC1. The monoisotopic (exact) mass is 484 g/mol. The first-order valence-corrected chi connectivity index (χ1v) is 12.4. The van der Waals surface area contributed by atoms with E-state index in [0.29, 0.717) is 54.0 Å².